The molecule has 0 unspecified atom stereocenters. The molecule has 0 bridgehead atoms. The van der Waals surface area contributed by atoms with Gasteiger partial charge in [0.2, 0.25) is 0 Å². The number of rotatable bonds is 4. The zero-order chi connectivity index (χ0) is 16.2. The van der Waals surface area contributed by atoms with Crippen LogP contribution < -0.4 is 10.6 Å². The first-order valence-corrected chi connectivity index (χ1v) is 7.37. The number of nitrogens with zero attached hydrogens (tertiary/aromatic N) is 2. The van der Waals surface area contributed by atoms with Crippen LogP contribution in [0.15, 0.2) is 54.6 Å². The van der Waals surface area contributed by atoms with Crippen molar-refractivity contribution in [2.45, 2.75) is 6.92 Å². The van der Waals surface area contributed by atoms with Crippen LogP contribution in [0.5, 0.6) is 0 Å². The first-order valence-electron chi connectivity index (χ1n) is 6.99. The Bertz CT molecular complexity index is 821. The molecule has 23 heavy (non-hydrogen) atoms. The molecule has 6 heteroatoms. The van der Waals surface area contributed by atoms with Crippen molar-refractivity contribution in [3.8, 4) is 0 Å². The van der Waals surface area contributed by atoms with Crippen LogP contribution in [0.25, 0.3) is 0 Å². The van der Waals surface area contributed by atoms with E-state index in [0.717, 1.165) is 5.69 Å². The quantitative estimate of drug-likeness (QED) is 0.702. The molecule has 4 nitrogen and oxygen atoms in total. The third-order valence-electron chi connectivity index (χ3n) is 3.05. The highest BCUT2D eigenvalue weighted by Crippen LogP contribution is 2.21. The number of hydrogen-bond acceptors (Lipinski definition) is 4. The summed E-state index contributed by atoms with van der Waals surface area (Å²) in [5, 5.41) is 6.92. The lowest BCUT2D eigenvalue weighted by Gasteiger charge is -2.10. The van der Waals surface area contributed by atoms with Crippen molar-refractivity contribution in [2.75, 3.05) is 10.6 Å². The number of hydrogen-bond donors (Lipinski definition) is 2. The maximum Gasteiger partial charge on any atom is 0.136 e. The van der Waals surface area contributed by atoms with Gasteiger partial charge >= 0.3 is 0 Å². The average Bonchev–Trinajstić information content (AvgIpc) is 2.49. The van der Waals surface area contributed by atoms with E-state index in [-0.39, 0.29) is 5.82 Å². The fraction of sp³-hybridized carbons (Fsp3) is 0.0588. The Labute approximate surface area is 138 Å². The number of aromatic nitrogens is 2. The van der Waals surface area contributed by atoms with Crippen LogP contribution in [0.1, 0.15) is 5.82 Å². The summed E-state index contributed by atoms with van der Waals surface area (Å²) >= 11 is 5.87. The summed E-state index contributed by atoms with van der Waals surface area (Å²) in [4.78, 5) is 8.65. The second-order valence-corrected chi connectivity index (χ2v) is 5.39. The summed E-state index contributed by atoms with van der Waals surface area (Å²) in [6, 6.07) is 15.3. The summed E-state index contributed by atoms with van der Waals surface area (Å²) in [5.74, 6) is 1.52. The monoisotopic (exact) mass is 328 g/mol. The molecule has 0 saturated carbocycles. The highest BCUT2D eigenvalue weighted by molar-refractivity contribution is 6.30. The number of aryl methyl sites for hydroxylation is 1. The molecule has 3 aromatic rings. The van der Waals surface area contributed by atoms with Crippen LogP contribution in [-0.2, 0) is 0 Å². The topological polar surface area (TPSA) is 49.8 Å². The maximum absolute atomic E-state index is 13.3. The van der Waals surface area contributed by atoms with Crippen LogP contribution in [0.3, 0.4) is 0 Å². The average molecular weight is 329 g/mol. The van der Waals surface area contributed by atoms with Crippen molar-refractivity contribution >= 4 is 34.6 Å². The van der Waals surface area contributed by atoms with Crippen molar-refractivity contribution in [2.24, 2.45) is 0 Å². The van der Waals surface area contributed by atoms with Crippen LogP contribution in [-0.4, -0.2) is 9.97 Å². The van der Waals surface area contributed by atoms with E-state index in [1.54, 1.807) is 37.3 Å². The van der Waals surface area contributed by atoms with E-state index in [1.165, 1.54) is 12.1 Å². The van der Waals surface area contributed by atoms with E-state index in [2.05, 4.69) is 20.6 Å². The minimum atomic E-state index is -0.305. The van der Waals surface area contributed by atoms with Crippen molar-refractivity contribution in [3.05, 3.63) is 71.3 Å². The van der Waals surface area contributed by atoms with Gasteiger partial charge in [0, 0.05) is 22.5 Å². The second-order valence-electron chi connectivity index (χ2n) is 4.95. The van der Waals surface area contributed by atoms with Gasteiger partial charge in [0.15, 0.2) is 0 Å². The highest BCUT2D eigenvalue weighted by atomic mass is 35.5. The van der Waals surface area contributed by atoms with Gasteiger partial charge in [-0.15, -0.1) is 0 Å². The molecule has 0 amide bonds. The SMILES string of the molecule is Cc1nc(Nc2ccc(Cl)cc2)cc(Nc2cccc(F)c2)n1. The molecule has 0 spiro atoms. The summed E-state index contributed by atoms with van der Waals surface area (Å²) in [7, 11) is 0. The Morgan fingerprint density at radius 2 is 1.52 bits per heavy atom. The van der Waals surface area contributed by atoms with E-state index in [9.17, 15) is 4.39 Å². The third kappa shape index (κ3) is 4.17. The lowest BCUT2D eigenvalue weighted by molar-refractivity contribution is 0.628. The molecule has 3 rings (SSSR count). The van der Waals surface area contributed by atoms with Gasteiger partial charge in [-0.2, -0.15) is 0 Å². The van der Waals surface area contributed by atoms with E-state index >= 15 is 0 Å². The van der Waals surface area contributed by atoms with E-state index in [0.29, 0.717) is 28.2 Å². The van der Waals surface area contributed by atoms with Gasteiger partial charge in [0.1, 0.15) is 23.3 Å². The number of anilines is 4. The van der Waals surface area contributed by atoms with Crippen LogP contribution in [0.2, 0.25) is 5.02 Å². The molecule has 0 aliphatic carbocycles. The van der Waals surface area contributed by atoms with Gasteiger partial charge in [0.25, 0.3) is 0 Å². The zero-order valence-corrected chi connectivity index (χ0v) is 13.1. The lowest BCUT2D eigenvalue weighted by Crippen LogP contribution is -2.01. The van der Waals surface area contributed by atoms with Crippen molar-refractivity contribution in [3.63, 3.8) is 0 Å². The number of benzene rings is 2. The highest BCUT2D eigenvalue weighted by Gasteiger charge is 2.04. The standard InChI is InChI=1S/C17H14ClFN4/c1-11-20-16(22-14-7-5-12(18)6-8-14)10-17(21-11)23-15-4-2-3-13(19)9-15/h2-10H,1H3,(H2,20,21,22,23). The molecule has 0 saturated heterocycles. The van der Waals surface area contributed by atoms with Crippen molar-refractivity contribution < 1.29 is 4.39 Å². The smallest absolute Gasteiger partial charge is 0.136 e. The van der Waals surface area contributed by atoms with Crippen molar-refractivity contribution in [1.29, 1.82) is 0 Å². The molecule has 2 aromatic carbocycles. The predicted octanol–water partition coefficient (Wildman–Crippen LogP) is 5.06. The van der Waals surface area contributed by atoms with E-state index in [1.807, 2.05) is 12.1 Å². The molecule has 1 aromatic heterocycles. The first kappa shape index (κ1) is 15.2. The third-order valence-corrected chi connectivity index (χ3v) is 3.30. The zero-order valence-electron chi connectivity index (χ0n) is 12.3. The predicted molar refractivity (Wildman–Crippen MR) is 91.2 cm³/mol. The Morgan fingerprint density at radius 3 is 2.17 bits per heavy atom. The molecule has 0 radical (unpaired) electrons. The minimum Gasteiger partial charge on any atom is -0.340 e. The van der Waals surface area contributed by atoms with E-state index < -0.39 is 0 Å². The fourth-order valence-corrected chi connectivity index (χ4v) is 2.22. The molecule has 0 aliphatic heterocycles. The summed E-state index contributed by atoms with van der Waals surface area (Å²) in [5.41, 5.74) is 1.49. The Morgan fingerprint density at radius 1 is 0.870 bits per heavy atom. The molecular formula is C17H14ClFN4. The summed E-state index contributed by atoms with van der Waals surface area (Å²) < 4.78 is 13.3. The molecule has 0 atom stereocenters. The molecular weight excluding hydrogens is 315 g/mol. The van der Waals surface area contributed by atoms with Crippen LogP contribution in [0.4, 0.5) is 27.4 Å². The molecule has 0 aliphatic rings. The van der Waals surface area contributed by atoms with Gasteiger partial charge in [-0.3, -0.25) is 0 Å². The van der Waals surface area contributed by atoms with Gasteiger partial charge in [0.05, 0.1) is 0 Å². The molecule has 0 fully saturated rings. The summed E-state index contributed by atoms with van der Waals surface area (Å²) in [6.45, 7) is 1.80. The Kier molecular flexibility index (Phi) is 4.39. The van der Waals surface area contributed by atoms with Gasteiger partial charge in [-0.25, -0.2) is 14.4 Å². The normalized spacial score (nSPS) is 10.4. The minimum absolute atomic E-state index is 0.305. The lowest BCUT2D eigenvalue weighted by atomic mass is 10.3. The van der Waals surface area contributed by atoms with Crippen LogP contribution >= 0.6 is 11.6 Å². The first-order chi connectivity index (χ1) is 11.1. The molecule has 116 valence electrons. The van der Waals surface area contributed by atoms with E-state index in [4.69, 9.17) is 11.6 Å². The fourth-order valence-electron chi connectivity index (χ4n) is 2.09. The maximum atomic E-state index is 13.3. The van der Waals surface area contributed by atoms with Gasteiger partial charge in [-0.05, 0) is 49.4 Å². The second kappa shape index (κ2) is 6.62. The molecule has 1 heterocycles. The summed E-state index contributed by atoms with van der Waals surface area (Å²) in [6.07, 6.45) is 0. The van der Waals surface area contributed by atoms with Crippen LogP contribution in [0, 0.1) is 12.7 Å². The number of nitrogens with one attached hydrogen (secondary N) is 2. The van der Waals surface area contributed by atoms with Gasteiger partial charge < -0.3 is 10.6 Å². The Hall–Kier alpha value is -2.66. The van der Waals surface area contributed by atoms with Crippen molar-refractivity contribution in [1.82, 2.24) is 9.97 Å². The Balaban J connectivity index is 1.82. The largest absolute Gasteiger partial charge is 0.340 e. The number of halogens is 2. The molecule has 2 N–H and O–H groups in total. The van der Waals surface area contributed by atoms with Gasteiger partial charge in [-0.1, -0.05) is 17.7 Å².